The molecule has 1 atom stereocenters. The first kappa shape index (κ1) is 26.1. The number of nitrogens with zero attached hydrogens (tertiary/aromatic N) is 2. The number of hydrogen-bond donors (Lipinski definition) is 2. The van der Waals surface area contributed by atoms with Gasteiger partial charge in [-0.3, -0.25) is 9.78 Å². The largest absolute Gasteiger partial charge is 0.494 e. The van der Waals surface area contributed by atoms with Crippen LogP contribution >= 0.6 is 11.6 Å². The number of ether oxygens (including phenoxy) is 1. The van der Waals surface area contributed by atoms with Crippen LogP contribution in [0.4, 0.5) is 5.69 Å². The van der Waals surface area contributed by atoms with Gasteiger partial charge in [-0.25, -0.2) is 13.4 Å². The number of aromatic nitrogens is 1. The van der Waals surface area contributed by atoms with Crippen molar-refractivity contribution in [2.75, 3.05) is 18.5 Å². The van der Waals surface area contributed by atoms with Gasteiger partial charge in [0.1, 0.15) is 5.75 Å². The van der Waals surface area contributed by atoms with E-state index in [0.717, 1.165) is 42.7 Å². The van der Waals surface area contributed by atoms with E-state index < -0.39 is 10.0 Å². The highest BCUT2D eigenvalue weighted by atomic mass is 35.5. The zero-order valence-corrected chi connectivity index (χ0v) is 21.6. The fraction of sp³-hybridized carbons (Fsp3) is 0.308. The van der Waals surface area contributed by atoms with E-state index in [0.29, 0.717) is 18.8 Å². The Labute approximate surface area is 216 Å². The van der Waals surface area contributed by atoms with Crippen LogP contribution in [-0.2, 0) is 14.8 Å². The van der Waals surface area contributed by atoms with Crippen LogP contribution in [0.25, 0.3) is 11.3 Å². The van der Waals surface area contributed by atoms with E-state index in [1.54, 1.807) is 11.2 Å². The van der Waals surface area contributed by atoms with Crippen LogP contribution < -0.4 is 14.9 Å². The summed E-state index contributed by atoms with van der Waals surface area (Å²) in [7, 11) is -3.80. The van der Waals surface area contributed by atoms with Gasteiger partial charge in [0.25, 0.3) is 10.0 Å². The van der Waals surface area contributed by atoms with Crippen LogP contribution in [0.3, 0.4) is 0 Å². The summed E-state index contributed by atoms with van der Waals surface area (Å²) in [5.74, 6) is 0.509. The summed E-state index contributed by atoms with van der Waals surface area (Å²) in [5.41, 5.74) is 2.31. The van der Waals surface area contributed by atoms with Crippen LogP contribution in [0.2, 0.25) is 5.02 Å². The third kappa shape index (κ3) is 6.82. The number of rotatable bonds is 10. The number of halogens is 1. The van der Waals surface area contributed by atoms with Crippen molar-refractivity contribution >= 4 is 33.2 Å². The first-order valence-corrected chi connectivity index (χ1v) is 13.7. The zero-order chi connectivity index (χ0) is 25.5. The fourth-order valence-corrected chi connectivity index (χ4v) is 5.65. The lowest BCUT2D eigenvalue weighted by molar-refractivity contribution is -0.114. The molecule has 1 amide bonds. The second-order valence-electron chi connectivity index (χ2n) is 8.64. The summed E-state index contributed by atoms with van der Waals surface area (Å²) in [6.45, 7) is 2.54. The summed E-state index contributed by atoms with van der Waals surface area (Å²) in [6, 6.07) is 18.0. The number of amides is 1. The Morgan fingerprint density at radius 1 is 1.17 bits per heavy atom. The number of carbonyl (C=O) groups is 1. The molecule has 2 N–H and O–H groups in total. The Kier molecular flexibility index (Phi) is 8.58. The van der Waals surface area contributed by atoms with E-state index in [1.807, 2.05) is 42.5 Å². The molecule has 1 aliphatic heterocycles. The molecular weight excluding hydrogens is 500 g/mol. The predicted octanol–water partition coefficient (Wildman–Crippen LogP) is 4.88. The average molecular weight is 529 g/mol. The van der Waals surface area contributed by atoms with Gasteiger partial charge >= 0.3 is 0 Å². The number of hydrogen-bond acceptors (Lipinski definition) is 6. The molecule has 36 heavy (non-hydrogen) atoms. The summed E-state index contributed by atoms with van der Waals surface area (Å²) < 4.78 is 31.8. The molecule has 1 aliphatic rings. The van der Waals surface area contributed by atoms with Gasteiger partial charge in [-0.2, -0.15) is 0 Å². The topological polar surface area (TPSA) is 101 Å². The number of nitrogens with one attached hydrogen (secondary N) is 2. The van der Waals surface area contributed by atoms with Crippen LogP contribution in [0, 0.1) is 0 Å². The molecule has 1 fully saturated rings. The zero-order valence-electron chi connectivity index (χ0n) is 20.0. The van der Waals surface area contributed by atoms with Crippen molar-refractivity contribution in [2.24, 2.45) is 0 Å². The summed E-state index contributed by atoms with van der Waals surface area (Å²) >= 11 is 6.16. The average Bonchev–Trinajstić information content (AvgIpc) is 3.29. The van der Waals surface area contributed by atoms with Gasteiger partial charge in [0.2, 0.25) is 5.91 Å². The smallest absolute Gasteiger partial charge is 0.253 e. The van der Waals surface area contributed by atoms with Gasteiger partial charge in [-0.05, 0) is 80.3 Å². The number of benzene rings is 2. The van der Waals surface area contributed by atoms with E-state index in [-0.39, 0.29) is 21.9 Å². The van der Waals surface area contributed by atoms with Crippen molar-refractivity contribution in [1.82, 2.24) is 14.8 Å². The van der Waals surface area contributed by atoms with E-state index in [4.69, 9.17) is 16.3 Å². The molecule has 0 radical (unpaired) electrons. The van der Waals surface area contributed by atoms with Gasteiger partial charge in [-0.1, -0.05) is 17.7 Å². The van der Waals surface area contributed by atoms with E-state index in [1.165, 1.54) is 25.1 Å². The van der Waals surface area contributed by atoms with Crippen molar-refractivity contribution in [2.45, 2.75) is 43.5 Å². The third-order valence-electron chi connectivity index (χ3n) is 5.94. The van der Waals surface area contributed by atoms with Crippen LogP contribution in [0.1, 0.15) is 32.6 Å². The molecule has 10 heteroatoms. The normalized spacial score (nSPS) is 16.1. The van der Waals surface area contributed by atoms with Crippen molar-refractivity contribution in [3.8, 4) is 17.0 Å². The van der Waals surface area contributed by atoms with E-state index in [9.17, 15) is 13.2 Å². The lowest BCUT2D eigenvalue weighted by Crippen LogP contribution is -2.45. The monoisotopic (exact) mass is 528 g/mol. The molecule has 1 saturated heterocycles. The maximum Gasteiger partial charge on any atom is 0.253 e. The first-order valence-electron chi connectivity index (χ1n) is 11.8. The molecule has 1 aromatic heterocycles. The lowest BCUT2D eigenvalue weighted by Gasteiger charge is -2.25. The molecule has 190 valence electrons. The Bertz CT molecular complexity index is 1290. The minimum atomic E-state index is -3.80. The second kappa shape index (κ2) is 11.8. The van der Waals surface area contributed by atoms with E-state index in [2.05, 4.69) is 15.1 Å². The molecule has 8 nitrogen and oxygen atoms in total. The highest BCUT2D eigenvalue weighted by Crippen LogP contribution is 2.27. The van der Waals surface area contributed by atoms with Crippen molar-refractivity contribution in [3.05, 3.63) is 71.9 Å². The van der Waals surface area contributed by atoms with Crippen molar-refractivity contribution < 1.29 is 17.9 Å². The van der Waals surface area contributed by atoms with Crippen molar-refractivity contribution in [1.29, 1.82) is 0 Å². The Morgan fingerprint density at radius 2 is 1.97 bits per heavy atom. The van der Waals surface area contributed by atoms with Gasteiger partial charge in [0.15, 0.2) is 0 Å². The fourth-order valence-electron chi connectivity index (χ4n) is 4.18. The minimum Gasteiger partial charge on any atom is -0.494 e. The lowest BCUT2D eigenvalue weighted by atomic mass is 10.1. The van der Waals surface area contributed by atoms with Crippen LogP contribution in [0.15, 0.2) is 71.8 Å². The number of anilines is 1. The van der Waals surface area contributed by atoms with E-state index >= 15 is 0 Å². The number of pyridine rings is 1. The molecule has 0 saturated carbocycles. The molecule has 2 aromatic carbocycles. The number of carbonyl (C=O) groups excluding carboxylic acids is 1. The van der Waals surface area contributed by atoms with Crippen LogP contribution in [-0.4, -0.2) is 43.5 Å². The first-order chi connectivity index (χ1) is 17.3. The van der Waals surface area contributed by atoms with Gasteiger partial charge < -0.3 is 10.1 Å². The predicted molar refractivity (Wildman–Crippen MR) is 140 cm³/mol. The van der Waals surface area contributed by atoms with Crippen molar-refractivity contribution in [3.63, 3.8) is 0 Å². The molecule has 1 unspecified atom stereocenters. The Morgan fingerprint density at radius 3 is 2.67 bits per heavy atom. The quantitative estimate of drug-likeness (QED) is 0.364. The summed E-state index contributed by atoms with van der Waals surface area (Å²) in [4.78, 5) is 18.4. The standard InChI is InChI=1S/C26H29ClN4O4S/c1-19(32)29-26-14-13-23(18-24(26)27)36(33,34)30-31-16-4-6-21(31)7-5-17-35-22-11-9-20(10-12-22)25-8-2-3-15-28-25/h2-3,8-15,18,21,30H,4-7,16-17H2,1H3,(H,29,32). The molecule has 0 aliphatic carbocycles. The minimum absolute atomic E-state index is 0.0461. The number of sulfonamides is 1. The Hall–Kier alpha value is -2.98. The molecule has 0 bridgehead atoms. The summed E-state index contributed by atoms with van der Waals surface area (Å²) in [5, 5.41) is 4.52. The number of hydrazine groups is 1. The molecular formula is C26H29ClN4O4S. The third-order valence-corrected chi connectivity index (χ3v) is 7.60. The molecule has 2 heterocycles. The molecule has 0 spiro atoms. The second-order valence-corrected chi connectivity index (χ2v) is 10.7. The van der Waals surface area contributed by atoms with Gasteiger partial charge in [0, 0.05) is 31.3 Å². The summed E-state index contributed by atoms with van der Waals surface area (Å²) in [6.07, 6.45) is 5.18. The molecule has 3 aromatic rings. The van der Waals surface area contributed by atoms with Gasteiger partial charge in [0.05, 0.1) is 27.9 Å². The molecule has 4 rings (SSSR count). The van der Waals surface area contributed by atoms with Gasteiger partial charge in [-0.15, -0.1) is 4.83 Å². The maximum absolute atomic E-state index is 12.9. The van der Waals surface area contributed by atoms with Crippen LogP contribution in [0.5, 0.6) is 5.75 Å². The highest BCUT2D eigenvalue weighted by Gasteiger charge is 2.29. The highest BCUT2D eigenvalue weighted by molar-refractivity contribution is 7.89. The Balaban J connectivity index is 1.27. The SMILES string of the molecule is CC(=O)Nc1ccc(S(=O)(=O)NN2CCCC2CCCOc2ccc(-c3ccccn3)cc2)cc1Cl. The maximum atomic E-state index is 12.9.